The zero-order chi connectivity index (χ0) is 13.1. The molecular formula is C15H11NO2S. The summed E-state index contributed by atoms with van der Waals surface area (Å²) in [6.45, 7) is 0. The fourth-order valence-corrected chi connectivity index (χ4v) is 2.55. The SMILES string of the molecule is O=c1oc(CSc2ccccc2)nc2ccccc12. The van der Waals surface area contributed by atoms with Crippen molar-refractivity contribution in [2.45, 2.75) is 10.6 Å². The van der Waals surface area contributed by atoms with Crippen molar-refractivity contribution < 1.29 is 4.42 Å². The summed E-state index contributed by atoms with van der Waals surface area (Å²) in [6, 6.07) is 17.2. The van der Waals surface area contributed by atoms with Gasteiger partial charge in [-0.2, -0.15) is 0 Å². The number of benzene rings is 2. The predicted octanol–water partition coefficient (Wildman–Crippen LogP) is 3.48. The molecule has 4 heteroatoms. The maximum atomic E-state index is 11.8. The van der Waals surface area contributed by atoms with E-state index in [2.05, 4.69) is 4.98 Å². The minimum Gasteiger partial charge on any atom is -0.407 e. The van der Waals surface area contributed by atoms with Crippen LogP contribution >= 0.6 is 11.8 Å². The molecule has 2 aromatic carbocycles. The van der Waals surface area contributed by atoms with E-state index in [1.54, 1.807) is 23.9 Å². The van der Waals surface area contributed by atoms with Gasteiger partial charge in [0.25, 0.3) is 0 Å². The number of para-hydroxylation sites is 1. The number of fused-ring (bicyclic) bond motifs is 1. The summed E-state index contributed by atoms with van der Waals surface area (Å²) in [5.41, 5.74) is 0.358. The Hall–Kier alpha value is -2.07. The molecule has 0 unspecified atom stereocenters. The summed E-state index contributed by atoms with van der Waals surface area (Å²) >= 11 is 1.60. The number of hydrogen-bond donors (Lipinski definition) is 0. The Balaban J connectivity index is 1.88. The Kier molecular flexibility index (Phi) is 3.33. The highest BCUT2D eigenvalue weighted by Crippen LogP contribution is 2.21. The van der Waals surface area contributed by atoms with Crippen molar-refractivity contribution in [3.63, 3.8) is 0 Å². The molecule has 0 aliphatic heterocycles. The van der Waals surface area contributed by atoms with Gasteiger partial charge in [0.1, 0.15) is 0 Å². The molecule has 0 spiro atoms. The van der Waals surface area contributed by atoms with Crippen LogP contribution in [0.15, 0.2) is 68.7 Å². The predicted molar refractivity (Wildman–Crippen MR) is 76.3 cm³/mol. The topological polar surface area (TPSA) is 43.1 Å². The molecule has 0 amide bonds. The Bertz CT molecular complexity index is 753. The van der Waals surface area contributed by atoms with Crippen LogP contribution in [0.25, 0.3) is 10.9 Å². The van der Waals surface area contributed by atoms with Gasteiger partial charge in [0.2, 0.25) is 5.89 Å². The average Bonchev–Trinajstić information content (AvgIpc) is 2.46. The summed E-state index contributed by atoms with van der Waals surface area (Å²) in [4.78, 5) is 17.3. The van der Waals surface area contributed by atoms with Gasteiger partial charge in [-0.3, -0.25) is 0 Å². The molecule has 0 fully saturated rings. The lowest BCUT2D eigenvalue weighted by Crippen LogP contribution is -2.04. The highest BCUT2D eigenvalue weighted by Gasteiger charge is 2.06. The van der Waals surface area contributed by atoms with Crippen LogP contribution in [0.4, 0.5) is 0 Å². The van der Waals surface area contributed by atoms with Crippen LogP contribution in [-0.2, 0) is 5.75 Å². The van der Waals surface area contributed by atoms with Crippen LogP contribution in [0.5, 0.6) is 0 Å². The first kappa shape index (κ1) is 12.0. The molecule has 0 saturated heterocycles. The van der Waals surface area contributed by atoms with E-state index in [1.165, 1.54) is 0 Å². The van der Waals surface area contributed by atoms with Gasteiger partial charge >= 0.3 is 5.63 Å². The molecule has 0 aliphatic rings. The summed E-state index contributed by atoms with van der Waals surface area (Å²) < 4.78 is 5.22. The first-order valence-corrected chi connectivity index (χ1v) is 6.88. The minimum absolute atomic E-state index is 0.325. The highest BCUT2D eigenvalue weighted by molar-refractivity contribution is 7.98. The molecule has 0 aliphatic carbocycles. The third kappa shape index (κ3) is 2.69. The van der Waals surface area contributed by atoms with Gasteiger partial charge in [-0.25, -0.2) is 9.78 Å². The van der Waals surface area contributed by atoms with E-state index in [-0.39, 0.29) is 5.63 Å². The van der Waals surface area contributed by atoms with Crippen LogP contribution < -0.4 is 5.63 Å². The summed E-state index contributed by atoms with van der Waals surface area (Å²) in [6.07, 6.45) is 0. The van der Waals surface area contributed by atoms with Gasteiger partial charge < -0.3 is 4.42 Å². The van der Waals surface area contributed by atoms with Crippen molar-refractivity contribution in [1.82, 2.24) is 4.98 Å². The Morgan fingerprint density at radius 2 is 1.74 bits per heavy atom. The Labute approximate surface area is 114 Å². The van der Waals surface area contributed by atoms with Gasteiger partial charge in [0, 0.05) is 4.90 Å². The van der Waals surface area contributed by atoms with Crippen LogP contribution in [0.2, 0.25) is 0 Å². The smallest absolute Gasteiger partial charge is 0.346 e. The zero-order valence-corrected chi connectivity index (χ0v) is 10.9. The van der Waals surface area contributed by atoms with Crippen molar-refractivity contribution in [2.75, 3.05) is 0 Å². The van der Waals surface area contributed by atoms with E-state index < -0.39 is 0 Å². The number of thioether (sulfide) groups is 1. The second-order valence-corrected chi connectivity index (χ2v) is 5.06. The van der Waals surface area contributed by atoms with Crippen LogP contribution in [0.3, 0.4) is 0 Å². The molecule has 3 rings (SSSR count). The van der Waals surface area contributed by atoms with Crippen molar-refractivity contribution in [1.29, 1.82) is 0 Å². The number of aromatic nitrogens is 1. The molecule has 3 nitrogen and oxygen atoms in total. The fraction of sp³-hybridized carbons (Fsp3) is 0.0667. The third-order valence-corrected chi connectivity index (χ3v) is 3.68. The largest absolute Gasteiger partial charge is 0.407 e. The molecule has 94 valence electrons. The molecule has 0 radical (unpaired) electrons. The molecule has 3 aromatic rings. The normalized spacial score (nSPS) is 10.7. The van der Waals surface area contributed by atoms with Crippen molar-refractivity contribution in [3.05, 3.63) is 70.9 Å². The van der Waals surface area contributed by atoms with E-state index in [4.69, 9.17) is 4.42 Å². The Morgan fingerprint density at radius 1 is 1.00 bits per heavy atom. The lowest BCUT2D eigenvalue weighted by Gasteiger charge is -2.01. The van der Waals surface area contributed by atoms with Crippen LogP contribution in [0, 0.1) is 0 Å². The van der Waals surface area contributed by atoms with E-state index in [0.717, 1.165) is 4.90 Å². The summed E-state index contributed by atoms with van der Waals surface area (Å²) in [5, 5.41) is 0.524. The van der Waals surface area contributed by atoms with Gasteiger partial charge in [0.05, 0.1) is 16.7 Å². The van der Waals surface area contributed by atoms with Crippen molar-refractivity contribution in [3.8, 4) is 0 Å². The van der Waals surface area contributed by atoms with Gasteiger partial charge in [-0.05, 0) is 24.3 Å². The second kappa shape index (κ2) is 5.28. The fourth-order valence-electron chi connectivity index (χ4n) is 1.79. The molecule has 0 N–H and O–H groups in total. The van der Waals surface area contributed by atoms with Gasteiger partial charge in [-0.15, -0.1) is 11.8 Å². The summed E-state index contributed by atoms with van der Waals surface area (Å²) in [5.74, 6) is 1.00. The standard InChI is InChI=1S/C15H11NO2S/c17-15-12-8-4-5-9-13(12)16-14(18-15)10-19-11-6-2-1-3-7-11/h1-9H,10H2. The lowest BCUT2D eigenvalue weighted by atomic mass is 10.2. The minimum atomic E-state index is -0.325. The monoisotopic (exact) mass is 269 g/mol. The van der Waals surface area contributed by atoms with E-state index in [0.29, 0.717) is 22.5 Å². The maximum absolute atomic E-state index is 11.8. The first-order valence-electron chi connectivity index (χ1n) is 5.89. The van der Waals surface area contributed by atoms with Gasteiger partial charge in [-0.1, -0.05) is 30.3 Å². The maximum Gasteiger partial charge on any atom is 0.346 e. The van der Waals surface area contributed by atoms with Crippen molar-refractivity contribution >= 4 is 22.7 Å². The van der Waals surface area contributed by atoms with Crippen LogP contribution in [-0.4, -0.2) is 4.98 Å². The van der Waals surface area contributed by atoms with Crippen LogP contribution in [0.1, 0.15) is 5.89 Å². The van der Waals surface area contributed by atoms with E-state index >= 15 is 0 Å². The summed E-state index contributed by atoms with van der Waals surface area (Å²) in [7, 11) is 0. The molecular weight excluding hydrogens is 258 g/mol. The molecule has 1 aromatic heterocycles. The quantitative estimate of drug-likeness (QED) is 0.683. The second-order valence-electron chi connectivity index (χ2n) is 4.01. The first-order chi connectivity index (χ1) is 9.33. The van der Waals surface area contributed by atoms with Gasteiger partial charge in [0.15, 0.2) is 0 Å². The highest BCUT2D eigenvalue weighted by atomic mass is 32.2. The molecule has 1 heterocycles. The zero-order valence-electron chi connectivity index (χ0n) is 10.1. The molecule has 0 bridgehead atoms. The third-order valence-electron chi connectivity index (χ3n) is 2.69. The number of nitrogens with zero attached hydrogens (tertiary/aromatic N) is 1. The number of hydrogen-bond acceptors (Lipinski definition) is 4. The molecule has 0 saturated carbocycles. The average molecular weight is 269 g/mol. The van der Waals surface area contributed by atoms with Crippen molar-refractivity contribution in [2.24, 2.45) is 0 Å². The number of rotatable bonds is 3. The Morgan fingerprint density at radius 3 is 2.58 bits per heavy atom. The molecule has 0 atom stereocenters. The van der Waals surface area contributed by atoms with E-state index in [9.17, 15) is 4.79 Å². The van der Waals surface area contributed by atoms with E-state index in [1.807, 2.05) is 42.5 Å². The lowest BCUT2D eigenvalue weighted by molar-refractivity contribution is 0.463. The molecule has 19 heavy (non-hydrogen) atoms.